The molecule has 4 nitrogen and oxygen atoms in total. The Balaban J connectivity index is 1.52. The van der Waals surface area contributed by atoms with Crippen LogP contribution in [0, 0.1) is 17.7 Å². The lowest BCUT2D eigenvalue weighted by molar-refractivity contribution is -0.139. The first kappa shape index (κ1) is 14.0. The van der Waals surface area contributed by atoms with Crippen molar-refractivity contribution in [1.82, 2.24) is 10.6 Å². The van der Waals surface area contributed by atoms with Crippen molar-refractivity contribution in [3.63, 3.8) is 0 Å². The zero-order valence-corrected chi connectivity index (χ0v) is 12.6. The second-order valence-electron chi connectivity index (χ2n) is 6.45. The first-order valence-electron chi connectivity index (χ1n) is 7.60. The van der Waals surface area contributed by atoms with E-state index in [1.807, 2.05) is 0 Å². The van der Waals surface area contributed by atoms with Crippen molar-refractivity contribution in [2.45, 2.75) is 37.3 Å². The number of hydrogen-bond acceptors (Lipinski definition) is 2. The molecule has 22 heavy (non-hydrogen) atoms. The number of halogens is 2. The third kappa shape index (κ3) is 1.81. The van der Waals surface area contributed by atoms with Gasteiger partial charge >= 0.3 is 0 Å². The fourth-order valence-corrected chi connectivity index (χ4v) is 4.43. The van der Waals surface area contributed by atoms with E-state index >= 15 is 0 Å². The number of benzene rings is 1. The van der Waals surface area contributed by atoms with Crippen molar-refractivity contribution in [3.05, 3.63) is 34.6 Å². The molecule has 3 aliphatic rings. The van der Waals surface area contributed by atoms with Crippen LogP contribution in [0.15, 0.2) is 18.2 Å². The molecule has 1 aromatic carbocycles. The van der Waals surface area contributed by atoms with E-state index in [0.717, 1.165) is 19.3 Å². The van der Waals surface area contributed by atoms with E-state index in [2.05, 4.69) is 10.6 Å². The number of fused-ring (bicyclic) bond motifs is 3. The smallest absolute Gasteiger partial charge is 0.247 e. The van der Waals surface area contributed by atoms with Crippen LogP contribution in [0.1, 0.15) is 24.8 Å². The summed E-state index contributed by atoms with van der Waals surface area (Å²) >= 11 is 5.75. The van der Waals surface area contributed by atoms with Gasteiger partial charge in [0.1, 0.15) is 17.4 Å². The van der Waals surface area contributed by atoms with Crippen molar-refractivity contribution >= 4 is 23.4 Å². The lowest BCUT2D eigenvalue weighted by atomic mass is 9.96. The summed E-state index contributed by atoms with van der Waals surface area (Å²) in [5, 5.41) is 5.72. The second-order valence-corrected chi connectivity index (χ2v) is 6.85. The molecule has 2 aliphatic carbocycles. The van der Waals surface area contributed by atoms with Crippen LogP contribution in [-0.2, 0) is 16.0 Å². The van der Waals surface area contributed by atoms with Crippen LogP contribution >= 0.6 is 11.6 Å². The first-order valence-corrected chi connectivity index (χ1v) is 7.97. The summed E-state index contributed by atoms with van der Waals surface area (Å²) in [6.07, 6.45) is 3.21. The zero-order chi connectivity index (χ0) is 15.5. The maximum Gasteiger partial charge on any atom is 0.247 e. The fraction of sp³-hybridized carbons (Fsp3) is 0.500. The maximum atomic E-state index is 14.0. The minimum absolute atomic E-state index is 0.0215. The van der Waals surface area contributed by atoms with Crippen molar-refractivity contribution in [1.29, 1.82) is 0 Å². The van der Waals surface area contributed by atoms with Gasteiger partial charge in [-0.3, -0.25) is 9.59 Å². The quantitative estimate of drug-likeness (QED) is 0.872. The molecule has 3 fully saturated rings. The van der Waals surface area contributed by atoms with Crippen molar-refractivity contribution in [2.75, 3.05) is 0 Å². The van der Waals surface area contributed by atoms with E-state index in [9.17, 15) is 14.0 Å². The van der Waals surface area contributed by atoms with Gasteiger partial charge in [-0.25, -0.2) is 4.39 Å². The Morgan fingerprint density at radius 1 is 1.27 bits per heavy atom. The van der Waals surface area contributed by atoms with Gasteiger partial charge in [-0.2, -0.15) is 0 Å². The summed E-state index contributed by atoms with van der Waals surface area (Å²) in [7, 11) is 0. The van der Waals surface area contributed by atoms with Gasteiger partial charge in [-0.15, -0.1) is 0 Å². The number of nitrogens with one attached hydrogen (secondary N) is 2. The first-order chi connectivity index (χ1) is 10.5. The Bertz CT molecular complexity index is 668. The summed E-state index contributed by atoms with van der Waals surface area (Å²) in [5.74, 6) is -0.321. The van der Waals surface area contributed by atoms with Gasteiger partial charge in [0.25, 0.3) is 0 Å². The molecule has 0 radical (unpaired) electrons. The topological polar surface area (TPSA) is 58.2 Å². The second kappa shape index (κ2) is 4.69. The average molecular weight is 323 g/mol. The molecule has 1 aliphatic heterocycles. The minimum atomic E-state index is -0.743. The van der Waals surface area contributed by atoms with Crippen LogP contribution in [0.3, 0.4) is 0 Å². The molecule has 4 rings (SSSR count). The number of amides is 2. The van der Waals surface area contributed by atoms with Crippen LogP contribution < -0.4 is 10.6 Å². The summed E-state index contributed by atoms with van der Waals surface area (Å²) in [6.45, 7) is 0. The SMILES string of the molecule is O=C1NC2(C(=O)NC1Cc1cccc(Cl)c1F)C1CCCC12. The highest BCUT2D eigenvalue weighted by Crippen LogP contribution is 2.61. The molecule has 0 aromatic heterocycles. The number of carbonyl (C=O) groups excluding carboxylic acids is 2. The largest absolute Gasteiger partial charge is 0.342 e. The van der Waals surface area contributed by atoms with Gasteiger partial charge < -0.3 is 10.6 Å². The Kier molecular flexibility index (Phi) is 2.98. The molecular formula is C16H16ClFN2O2. The minimum Gasteiger partial charge on any atom is -0.342 e. The molecule has 6 heteroatoms. The molecule has 3 atom stereocenters. The molecular weight excluding hydrogens is 307 g/mol. The number of carbonyl (C=O) groups is 2. The van der Waals surface area contributed by atoms with Crippen LogP contribution in [0.2, 0.25) is 5.02 Å². The van der Waals surface area contributed by atoms with Gasteiger partial charge in [-0.05, 0) is 36.3 Å². The van der Waals surface area contributed by atoms with E-state index in [4.69, 9.17) is 11.6 Å². The van der Waals surface area contributed by atoms with Gasteiger partial charge in [0.2, 0.25) is 11.8 Å². The van der Waals surface area contributed by atoms with Gasteiger partial charge in [0.05, 0.1) is 5.02 Å². The monoisotopic (exact) mass is 322 g/mol. The average Bonchev–Trinajstić information content (AvgIpc) is 2.86. The van der Waals surface area contributed by atoms with Gasteiger partial charge in [0.15, 0.2) is 0 Å². The molecule has 1 spiro atoms. The number of hydrogen-bond donors (Lipinski definition) is 2. The van der Waals surface area contributed by atoms with Crippen LogP contribution in [0.25, 0.3) is 0 Å². The molecule has 1 saturated heterocycles. The van der Waals surface area contributed by atoms with Crippen molar-refractivity contribution in [3.8, 4) is 0 Å². The molecule has 3 unspecified atom stereocenters. The Morgan fingerprint density at radius 3 is 2.73 bits per heavy atom. The van der Waals surface area contributed by atoms with E-state index in [1.54, 1.807) is 12.1 Å². The normalized spacial score (nSPS) is 36.0. The standard InChI is InChI=1S/C16H16ClFN2O2/c17-11-6-1-3-8(13(11)18)7-12-14(21)20-16(15(22)19-12)9-4-2-5-10(9)16/h1,3,6,9-10,12H,2,4-5,7H2,(H,19,22)(H,20,21). The van der Waals surface area contributed by atoms with Crippen LogP contribution in [0.4, 0.5) is 4.39 Å². The Hall–Kier alpha value is -1.62. The summed E-state index contributed by atoms with van der Waals surface area (Å²) in [5.41, 5.74) is -0.349. The molecule has 2 N–H and O–H groups in total. The summed E-state index contributed by atoms with van der Waals surface area (Å²) in [6, 6.07) is 3.93. The van der Waals surface area contributed by atoms with Gasteiger partial charge in [0, 0.05) is 6.42 Å². The highest BCUT2D eigenvalue weighted by Gasteiger charge is 2.73. The molecule has 1 heterocycles. The summed E-state index contributed by atoms with van der Waals surface area (Å²) in [4.78, 5) is 24.8. The van der Waals surface area contributed by atoms with Gasteiger partial charge in [-0.1, -0.05) is 30.2 Å². The zero-order valence-electron chi connectivity index (χ0n) is 11.9. The highest BCUT2D eigenvalue weighted by atomic mass is 35.5. The van der Waals surface area contributed by atoms with Crippen molar-refractivity contribution < 1.29 is 14.0 Å². The summed E-state index contributed by atoms with van der Waals surface area (Å²) < 4.78 is 14.0. The third-order valence-corrected chi connectivity index (χ3v) is 5.65. The highest BCUT2D eigenvalue weighted by molar-refractivity contribution is 6.30. The predicted octanol–water partition coefficient (Wildman–Crippen LogP) is 1.80. The third-order valence-electron chi connectivity index (χ3n) is 5.36. The van der Waals surface area contributed by atoms with E-state index in [0.29, 0.717) is 5.56 Å². The lowest BCUT2D eigenvalue weighted by Crippen LogP contribution is -2.65. The van der Waals surface area contributed by atoms with Crippen molar-refractivity contribution in [2.24, 2.45) is 11.8 Å². The maximum absolute atomic E-state index is 14.0. The molecule has 2 amide bonds. The fourth-order valence-electron chi connectivity index (χ4n) is 4.24. The lowest BCUT2D eigenvalue weighted by Gasteiger charge is -2.32. The predicted molar refractivity (Wildman–Crippen MR) is 78.7 cm³/mol. The molecule has 1 aromatic rings. The number of piperazine rings is 1. The Labute approximate surface area is 132 Å². The number of rotatable bonds is 2. The molecule has 0 bridgehead atoms. The van der Waals surface area contributed by atoms with E-state index in [1.165, 1.54) is 6.07 Å². The van der Waals surface area contributed by atoms with Crippen LogP contribution in [0.5, 0.6) is 0 Å². The Morgan fingerprint density at radius 2 is 2.00 bits per heavy atom. The van der Waals surface area contributed by atoms with Crippen LogP contribution in [-0.4, -0.2) is 23.4 Å². The molecule has 116 valence electrons. The molecule has 2 saturated carbocycles. The van der Waals surface area contributed by atoms with E-state index < -0.39 is 17.4 Å². The van der Waals surface area contributed by atoms with E-state index in [-0.39, 0.29) is 35.1 Å².